The van der Waals surface area contributed by atoms with Gasteiger partial charge in [0.2, 0.25) is 0 Å². The van der Waals surface area contributed by atoms with Crippen LogP contribution in [0.4, 0.5) is 17.1 Å². The molecular weight excluding hydrogens is 366 g/mol. The van der Waals surface area contributed by atoms with Crippen LogP contribution < -0.4 is 16.0 Å². The fraction of sp³-hybridized carbons (Fsp3) is 0.316. The zero-order chi connectivity index (χ0) is 17.1. The molecule has 1 heterocycles. The summed E-state index contributed by atoms with van der Waals surface area (Å²) in [5.74, 6) is -0.152. The standard InChI is InChI=1S/C19H22BrN3O/c1-13-6-4-5-11-23(13)18-10-9-14(12-17(18)21)22-19(24)15-7-2-3-8-16(15)20/h2-3,7-10,12-13H,4-6,11,21H2,1H3,(H,22,24)/t13-/m1/s1. The molecule has 1 saturated heterocycles. The average Bonchev–Trinajstić information content (AvgIpc) is 2.56. The van der Waals surface area contributed by atoms with Crippen molar-refractivity contribution in [2.24, 2.45) is 0 Å². The Morgan fingerprint density at radius 3 is 2.75 bits per heavy atom. The summed E-state index contributed by atoms with van der Waals surface area (Å²) in [6.45, 7) is 3.27. The van der Waals surface area contributed by atoms with Gasteiger partial charge in [0, 0.05) is 22.7 Å². The number of piperidine rings is 1. The SMILES string of the molecule is C[C@@H]1CCCCN1c1ccc(NC(=O)c2ccccc2Br)cc1N. The van der Waals surface area contributed by atoms with Gasteiger partial charge in [-0.1, -0.05) is 12.1 Å². The van der Waals surface area contributed by atoms with Crippen LogP contribution in [0.5, 0.6) is 0 Å². The lowest BCUT2D eigenvalue weighted by molar-refractivity contribution is 0.102. The lowest BCUT2D eigenvalue weighted by Gasteiger charge is -2.36. The van der Waals surface area contributed by atoms with E-state index in [9.17, 15) is 4.79 Å². The molecule has 1 aliphatic heterocycles. The van der Waals surface area contributed by atoms with E-state index in [1.165, 1.54) is 19.3 Å². The normalized spacial score (nSPS) is 17.6. The second-order valence-corrected chi connectivity index (χ2v) is 7.10. The predicted molar refractivity (Wildman–Crippen MR) is 104 cm³/mol. The summed E-state index contributed by atoms with van der Waals surface area (Å²) in [6.07, 6.45) is 3.67. The Labute approximate surface area is 151 Å². The molecule has 1 fully saturated rings. The molecular formula is C19H22BrN3O. The highest BCUT2D eigenvalue weighted by atomic mass is 79.9. The first-order chi connectivity index (χ1) is 11.6. The van der Waals surface area contributed by atoms with Gasteiger partial charge in [-0.15, -0.1) is 0 Å². The summed E-state index contributed by atoms with van der Waals surface area (Å²) in [5, 5.41) is 2.91. The Morgan fingerprint density at radius 2 is 2.04 bits per heavy atom. The van der Waals surface area contributed by atoms with E-state index in [-0.39, 0.29) is 5.91 Å². The number of anilines is 3. The second-order valence-electron chi connectivity index (χ2n) is 6.25. The molecule has 1 aliphatic rings. The number of carbonyl (C=O) groups is 1. The van der Waals surface area contributed by atoms with Gasteiger partial charge in [0.1, 0.15) is 0 Å². The minimum atomic E-state index is -0.152. The van der Waals surface area contributed by atoms with Gasteiger partial charge in [0.15, 0.2) is 0 Å². The van der Waals surface area contributed by atoms with E-state index in [1.807, 2.05) is 36.4 Å². The predicted octanol–water partition coefficient (Wildman–Crippen LogP) is 4.66. The fourth-order valence-corrected chi connectivity index (χ4v) is 3.66. The number of hydrogen-bond acceptors (Lipinski definition) is 3. The van der Waals surface area contributed by atoms with E-state index in [2.05, 4.69) is 33.1 Å². The van der Waals surface area contributed by atoms with Gasteiger partial charge in [-0.2, -0.15) is 0 Å². The van der Waals surface area contributed by atoms with Crippen LogP contribution in [-0.4, -0.2) is 18.5 Å². The summed E-state index contributed by atoms with van der Waals surface area (Å²) < 4.78 is 0.772. The maximum atomic E-state index is 12.4. The van der Waals surface area contributed by atoms with Gasteiger partial charge in [-0.3, -0.25) is 4.79 Å². The first kappa shape index (κ1) is 16.8. The van der Waals surface area contributed by atoms with Crippen molar-refractivity contribution in [3.05, 3.63) is 52.5 Å². The molecule has 0 aliphatic carbocycles. The Balaban J connectivity index is 1.77. The van der Waals surface area contributed by atoms with Gasteiger partial charge in [0.05, 0.1) is 16.9 Å². The van der Waals surface area contributed by atoms with E-state index in [0.717, 1.165) is 16.7 Å². The largest absolute Gasteiger partial charge is 0.397 e. The molecule has 24 heavy (non-hydrogen) atoms. The van der Waals surface area contributed by atoms with E-state index in [4.69, 9.17) is 5.73 Å². The first-order valence-corrected chi connectivity index (χ1v) is 9.07. The smallest absolute Gasteiger partial charge is 0.256 e. The molecule has 1 atom stereocenters. The van der Waals surface area contributed by atoms with E-state index >= 15 is 0 Å². The molecule has 0 spiro atoms. The Hall–Kier alpha value is -2.01. The maximum Gasteiger partial charge on any atom is 0.256 e. The summed E-state index contributed by atoms with van der Waals surface area (Å²) >= 11 is 3.40. The second kappa shape index (κ2) is 7.26. The molecule has 126 valence electrons. The molecule has 3 rings (SSSR count). The van der Waals surface area contributed by atoms with Crippen molar-refractivity contribution in [3.63, 3.8) is 0 Å². The molecule has 3 N–H and O–H groups in total. The van der Waals surface area contributed by atoms with Crippen molar-refractivity contribution < 1.29 is 4.79 Å². The van der Waals surface area contributed by atoms with Crippen molar-refractivity contribution >= 4 is 38.9 Å². The monoisotopic (exact) mass is 387 g/mol. The third kappa shape index (κ3) is 3.56. The van der Waals surface area contributed by atoms with Gasteiger partial charge in [-0.05, 0) is 72.4 Å². The number of carbonyl (C=O) groups excluding carboxylic acids is 1. The number of hydrogen-bond donors (Lipinski definition) is 2. The number of amides is 1. The zero-order valence-corrected chi connectivity index (χ0v) is 15.3. The van der Waals surface area contributed by atoms with Crippen molar-refractivity contribution in [2.75, 3.05) is 22.5 Å². The third-order valence-electron chi connectivity index (χ3n) is 4.52. The van der Waals surface area contributed by atoms with Crippen LogP contribution in [0.2, 0.25) is 0 Å². The Bertz CT molecular complexity index is 747. The van der Waals surface area contributed by atoms with Gasteiger partial charge in [0.25, 0.3) is 5.91 Å². The van der Waals surface area contributed by atoms with E-state index in [1.54, 1.807) is 6.07 Å². The maximum absolute atomic E-state index is 12.4. The van der Waals surface area contributed by atoms with Crippen molar-refractivity contribution in [1.29, 1.82) is 0 Å². The van der Waals surface area contributed by atoms with Crippen LogP contribution in [0.15, 0.2) is 46.9 Å². The van der Waals surface area contributed by atoms with E-state index < -0.39 is 0 Å². The van der Waals surface area contributed by atoms with E-state index in [0.29, 0.717) is 23.0 Å². The molecule has 5 heteroatoms. The van der Waals surface area contributed by atoms with Crippen LogP contribution in [0.25, 0.3) is 0 Å². The third-order valence-corrected chi connectivity index (χ3v) is 5.21. The lowest BCUT2D eigenvalue weighted by atomic mass is 10.0. The van der Waals surface area contributed by atoms with Gasteiger partial charge < -0.3 is 16.0 Å². The number of nitrogens with one attached hydrogen (secondary N) is 1. The zero-order valence-electron chi connectivity index (χ0n) is 13.8. The first-order valence-electron chi connectivity index (χ1n) is 8.28. The molecule has 0 unspecified atom stereocenters. The number of benzene rings is 2. The molecule has 0 radical (unpaired) electrons. The number of rotatable bonds is 3. The minimum Gasteiger partial charge on any atom is -0.397 e. The summed E-state index contributed by atoms with van der Waals surface area (Å²) in [5.41, 5.74) is 9.33. The van der Waals surface area contributed by atoms with Crippen molar-refractivity contribution in [3.8, 4) is 0 Å². The molecule has 0 saturated carbocycles. The van der Waals surface area contributed by atoms with Crippen LogP contribution in [0.1, 0.15) is 36.5 Å². The van der Waals surface area contributed by atoms with Gasteiger partial charge in [-0.25, -0.2) is 0 Å². The average molecular weight is 388 g/mol. The highest BCUT2D eigenvalue weighted by molar-refractivity contribution is 9.10. The Kier molecular flexibility index (Phi) is 5.09. The minimum absolute atomic E-state index is 0.152. The van der Waals surface area contributed by atoms with Gasteiger partial charge >= 0.3 is 0 Å². The van der Waals surface area contributed by atoms with Crippen molar-refractivity contribution in [2.45, 2.75) is 32.2 Å². The summed E-state index contributed by atoms with van der Waals surface area (Å²) in [4.78, 5) is 14.8. The Morgan fingerprint density at radius 1 is 1.25 bits per heavy atom. The topological polar surface area (TPSA) is 58.4 Å². The molecule has 1 amide bonds. The quantitative estimate of drug-likeness (QED) is 0.752. The molecule has 2 aromatic rings. The summed E-state index contributed by atoms with van der Waals surface area (Å²) in [7, 11) is 0. The number of nitrogens with two attached hydrogens (primary N) is 1. The van der Waals surface area contributed by atoms with Crippen LogP contribution >= 0.6 is 15.9 Å². The van der Waals surface area contributed by atoms with Crippen LogP contribution in [-0.2, 0) is 0 Å². The van der Waals surface area contributed by atoms with Crippen molar-refractivity contribution in [1.82, 2.24) is 0 Å². The highest BCUT2D eigenvalue weighted by Crippen LogP contribution is 2.31. The van der Waals surface area contributed by atoms with Crippen LogP contribution in [0.3, 0.4) is 0 Å². The van der Waals surface area contributed by atoms with Crippen LogP contribution in [0, 0.1) is 0 Å². The number of nitrogens with zero attached hydrogens (tertiary/aromatic N) is 1. The molecule has 0 bridgehead atoms. The lowest BCUT2D eigenvalue weighted by Crippen LogP contribution is -2.37. The molecule has 2 aromatic carbocycles. The highest BCUT2D eigenvalue weighted by Gasteiger charge is 2.20. The fourth-order valence-electron chi connectivity index (χ4n) is 3.19. The molecule has 0 aromatic heterocycles. The summed E-state index contributed by atoms with van der Waals surface area (Å²) in [6, 6.07) is 13.6. The molecule has 4 nitrogen and oxygen atoms in total. The number of nitrogen functional groups attached to an aromatic ring is 1. The number of halogens is 1.